The predicted octanol–water partition coefficient (Wildman–Crippen LogP) is 3.24. The van der Waals surface area contributed by atoms with E-state index in [1.165, 1.54) is 0 Å². The van der Waals surface area contributed by atoms with Crippen molar-refractivity contribution in [2.24, 2.45) is 0 Å². The number of Topliss-reactive ketones (excluding diaryl/α,β-unsaturated/α-hetero) is 1. The van der Waals surface area contributed by atoms with Crippen molar-refractivity contribution in [3.05, 3.63) is 65.2 Å². The summed E-state index contributed by atoms with van der Waals surface area (Å²) in [5.74, 6) is 5.84. The number of aryl methyl sites for hydroxylation is 1. The maximum atomic E-state index is 12.0. The highest BCUT2D eigenvalue weighted by Crippen LogP contribution is 2.17. The molecular formula is C17H14O2. The zero-order chi connectivity index (χ0) is 13.7. The fraction of sp³-hybridized carbons (Fsp3) is 0.118. The summed E-state index contributed by atoms with van der Waals surface area (Å²) in [5, 5.41) is 0. The Morgan fingerprint density at radius 2 is 1.89 bits per heavy atom. The fourth-order valence-corrected chi connectivity index (χ4v) is 1.75. The second kappa shape index (κ2) is 5.88. The number of ether oxygens (including phenoxy) is 1. The molecule has 0 aromatic heterocycles. The van der Waals surface area contributed by atoms with Crippen molar-refractivity contribution in [3.8, 4) is 17.6 Å². The SMILES string of the molecule is COc1ccccc1C(=O)C#Cc1cccc(C)c1. The summed E-state index contributed by atoms with van der Waals surface area (Å²) in [6.07, 6.45) is 0. The Balaban J connectivity index is 2.27. The minimum atomic E-state index is -0.237. The molecule has 2 nitrogen and oxygen atoms in total. The van der Waals surface area contributed by atoms with E-state index in [1.54, 1.807) is 25.3 Å². The summed E-state index contributed by atoms with van der Waals surface area (Å²) < 4.78 is 5.15. The zero-order valence-electron chi connectivity index (χ0n) is 10.9. The van der Waals surface area contributed by atoms with Crippen LogP contribution in [0.3, 0.4) is 0 Å². The molecule has 2 rings (SSSR count). The summed E-state index contributed by atoms with van der Waals surface area (Å²) >= 11 is 0. The first kappa shape index (κ1) is 12.9. The Morgan fingerprint density at radius 1 is 1.11 bits per heavy atom. The zero-order valence-corrected chi connectivity index (χ0v) is 10.9. The van der Waals surface area contributed by atoms with E-state index in [9.17, 15) is 4.79 Å². The molecule has 2 aromatic rings. The molecule has 0 saturated heterocycles. The van der Waals surface area contributed by atoms with Crippen LogP contribution < -0.4 is 4.74 Å². The number of rotatable bonds is 2. The average molecular weight is 250 g/mol. The molecule has 19 heavy (non-hydrogen) atoms. The van der Waals surface area contributed by atoms with Crippen molar-refractivity contribution in [2.75, 3.05) is 7.11 Å². The number of carbonyl (C=O) groups is 1. The van der Waals surface area contributed by atoms with Crippen molar-refractivity contribution < 1.29 is 9.53 Å². The van der Waals surface area contributed by atoms with E-state index >= 15 is 0 Å². The van der Waals surface area contributed by atoms with E-state index in [0.717, 1.165) is 11.1 Å². The van der Waals surface area contributed by atoms with Crippen LogP contribution in [0.15, 0.2) is 48.5 Å². The number of para-hydroxylation sites is 1. The van der Waals surface area contributed by atoms with Gasteiger partial charge in [-0.2, -0.15) is 0 Å². The van der Waals surface area contributed by atoms with E-state index in [1.807, 2.05) is 37.3 Å². The van der Waals surface area contributed by atoms with Crippen LogP contribution >= 0.6 is 0 Å². The third kappa shape index (κ3) is 3.23. The minimum absolute atomic E-state index is 0.237. The molecule has 0 unspecified atom stereocenters. The van der Waals surface area contributed by atoms with E-state index in [4.69, 9.17) is 4.74 Å². The van der Waals surface area contributed by atoms with E-state index < -0.39 is 0 Å². The van der Waals surface area contributed by atoms with Crippen molar-refractivity contribution in [1.82, 2.24) is 0 Å². The van der Waals surface area contributed by atoms with Crippen molar-refractivity contribution in [1.29, 1.82) is 0 Å². The maximum Gasteiger partial charge on any atom is 0.239 e. The lowest BCUT2D eigenvalue weighted by molar-refractivity contribution is 0.105. The van der Waals surface area contributed by atoms with Gasteiger partial charge in [-0.05, 0) is 42.7 Å². The number of hydrogen-bond donors (Lipinski definition) is 0. The highest BCUT2D eigenvalue weighted by Gasteiger charge is 2.08. The molecule has 94 valence electrons. The van der Waals surface area contributed by atoms with E-state index in [0.29, 0.717) is 11.3 Å². The Labute approximate surface area is 113 Å². The van der Waals surface area contributed by atoms with Crippen molar-refractivity contribution >= 4 is 5.78 Å². The van der Waals surface area contributed by atoms with Gasteiger partial charge in [0.25, 0.3) is 0 Å². The number of methoxy groups -OCH3 is 1. The first-order valence-electron chi connectivity index (χ1n) is 5.97. The number of benzene rings is 2. The molecule has 0 aliphatic heterocycles. The van der Waals surface area contributed by atoms with E-state index in [-0.39, 0.29) is 5.78 Å². The molecule has 0 N–H and O–H groups in total. The highest BCUT2D eigenvalue weighted by atomic mass is 16.5. The topological polar surface area (TPSA) is 26.3 Å². The van der Waals surface area contributed by atoms with Gasteiger partial charge in [-0.15, -0.1) is 0 Å². The van der Waals surface area contributed by atoms with Gasteiger partial charge in [-0.1, -0.05) is 30.2 Å². The first-order chi connectivity index (χ1) is 9.20. The second-order valence-electron chi connectivity index (χ2n) is 4.15. The van der Waals surface area contributed by atoms with Crippen LogP contribution in [0.5, 0.6) is 5.75 Å². The largest absolute Gasteiger partial charge is 0.496 e. The highest BCUT2D eigenvalue weighted by molar-refractivity contribution is 6.11. The molecule has 2 aromatic carbocycles. The number of hydrogen-bond acceptors (Lipinski definition) is 2. The number of carbonyl (C=O) groups excluding carboxylic acids is 1. The van der Waals surface area contributed by atoms with E-state index in [2.05, 4.69) is 11.8 Å². The average Bonchev–Trinajstić information content (AvgIpc) is 2.45. The Kier molecular flexibility index (Phi) is 4.00. The molecule has 0 fully saturated rings. The quantitative estimate of drug-likeness (QED) is 0.604. The predicted molar refractivity (Wildman–Crippen MR) is 75.4 cm³/mol. The Morgan fingerprint density at radius 3 is 2.63 bits per heavy atom. The Hall–Kier alpha value is -2.53. The number of ketones is 1. The molecule has 0 atom stereocenters. The molecule has 0 bridgehead atoms. The van der Waals surface area contributed by atoms with Gasteiger partial charge < -0.3 is 4.74 Å². The van der Waals surface area contributed by atoms with Crippen LogP contribution in [0.1, 0.15) is 21.5 Å². The third-order valence-corrected chi connectivity index (χ3v) is 2.69. The van der Waals surface area contributed by atoms with Crippen LogP contribution in [0.4, 0.5) is 0 Å². The van der Waals surface area contributed by atoms with Crippen LogP contribution in [0.25, 0.3) is 0 Å². The third-order valence-electron chi connectivity index (χ3n) is 2.69. The monoisotopic (exact) mass is 250 g/mol. The second-order valence-corrected chi connectivity index (χ2v) is 4.15. The van der Waals surface area contributed by atoms with Gasteiger partial charge in [0.2, 0.25) is 5.78 Å². The molecule has 0 aliphatic rings. The fourth-order valence-electron chi connectivity index (χ4n) is 1.75. The van der Waals surface area contributed by atoms with Crippen LogP contribution in [0, 0.1) is 18.8 Å². The summed E-state index contributed by atoms with van der Waals surface area (Å²) in [6.45, 7) is 1.99. The Bertz CT molecular complexity index is 660. The van der Waals surface area contributed by atoms with Gasteiger partial charge >= 0.3 is 0 Å². The lowest BCUT2D eigenvalue weighted by atomic mass is 10.1. The van der Waals surface area contributed by atoms with Gasteiger partial charge in [0.05, 0.1) is 12.7 Å². The summed E-state index contributed by atoms with van der Waals surface area (Å²) in [4.78, 5) is 12.0. The first-order valence-corrected chi connectivity index (χ1v) is 5.97. The standard InChI is InChI=1S/C17H14O2/c1-13-6-5-7-14(12-13)10-11-16(18)15-8-3-4-9-17(15)19-2/h3-9,12H,1-2H3. The van der Waals surface area contributed by atoms with Gasteiger partial charge in [0, 0.05) is 5.56 Å². The lowest BCUT2D eigenvalue weighted by Gasteiger charge is -2.02. The molecular weight excluding hydrogens is 236 g/mol. The molecule has 2 heteroatoms. The molecule has 0 amide bonds. The summed E-state index contributed by atoms with van der Waals surface area (Å²) in [7, 11) is 1.54. The van der Waals surface area contributed by atoms with Gasteiger partial charge in [-0.25, -0.2) is 0 Å². The van der Waals surface area contributed by atoms with Gasteiger partial charge in [-0.3, -0.25) is 4.79 Å². The molecule has 0 heterocycles. The minimum Gasteiger partial charge on any atom is -0.496 e. The molecule has 0 radical (unpaired) electrons. The van der Waals surface area contributed by atoms with Gasteiger partial charge in [0.1, 0.15) is 5.75 Å². The molecule has 0 saturated carbocycles. The lowest BCUT2D eigenvalue weighted by Crippen LogP contribution is -1.99. The van der Waals surface area contributed by atoms with Crippen LogP contribution in [-0.2, 0) is 0 Å². The summed E-state index contributed by atoms with van der Waals surface area (Å²) in [6, 6.07) is 14.8. The smallest absolute Gasteiger partial charge is 0.239 e. The maximum absolute atomic E-state index is 12.0. The van der Waals surface area contributed by atoms with Crippen molar-refractivity contribution in [2.45, 2.75) is 6.92 Å². The van der Waals surface area contributed by atoms with Crippen molar-refractivity contribution in [3.63, 3.8) is 0 Å². The van der Waals surface area contributed by atoms with Crippen LogP contribution in [-0.4, -0.2) is 12.9 Å². The van der Waals surface area contributed by atoms with Gasteiger partial charge in [0.15, 0.2) is 0 Å². The molecule has 0 spiro atoms. The normalized spacial score (nSPS) is 9.37. The van der Waals surface area contributed by atoms with Crippen LogP contribution in [0.2, 0.25) is 0 Å². The molecule has 0 aliphatic carbocycles. The summed E-state index contributed by atoms with van der Waals surface area (Å²) in [5.41, 5.74) is 2.45.